The van der Waals surface area contributed by atoms with E-state index < -0.39 is 12.1 Å². The van der Waals surface area contributed by atoms with Gasteiger partial charge < -0.3 is 40.4 Å². The zero-order valence-electron chi connectivity index (χ0n) is 39.0. The maximum Gasteiger partial charge on any atom is 0.293 e. The molecule has 0 spiro atoms. The summed E-state index contributed by atoms with van der Waals surface area (Å²) in [6, 6.07) is 16.1. The van der Waals surface area contributed by atoms with Gasteiger partial charge in [-0.05, 0) is 106 Å². The van der Waals surface area contributed by atoms with Crippen LogP contribution in [0.25, 0.3) is 11.3 Å². The van der Waals surface area contributed by atoms with Crippen LogP contribution in [0.3, 0.4) is 0 Å². The molecule has 9 rings (SSSR count). The number of benzene rings is 1. The van der Waals surface area contributed by atoms with Crippen LogP contribution >= 0.6 is 0 Å². The maximum atomic E-state index is 14.0. The number of carbonyl (C=O) groups excluding carboxylic acids is 2. The maximum absolute atomic E-state index is 14.0. The van der Waals surface area contributed by atoms with Crippen LogP contribution in [-0.4, -0.2) is 97.3 Å². The van der Waals surface area contributed by atoms with Gasteiger partial charge in [0, 0.05) is 99.8 Å². The van der Waals surface area contributed by atoms with E-state index in [0.717, 1.165) is 75.6 Å². The average Bonchev–Trinajstić information content (AvgIpc) is 3.79. The van der Waals surface area contributed by atoms with Crippen LogP contribution in [-0.2, 0) is 43.4 Å². The summed E-state index contributed by atoms with van der Waals surface area (Å²) in [6.45, 7) is 19.4. The quantitative estimate of drug-likeness (QED) is 0.122. The Balaban J connectivity index is 0.919. The summed E-state index contributed by atoms with van der Waals surface area (Å²) in [5.41, 5.74) is 13.0. The predicted octanol–water partition coefficient (Wildman–Crippen LogP) is 5.56. The van der Waals surface area contributed by atoms with Crippen molar-refractivity contribution in [2.75, 3.05) is 64.6 Å². The molecule has 346 valence electrons. The summed E-state index contributed by atoms with van der Waals surface area (Å²) in [7, 11) is 1.64. The average molecular weight is 895 g/mol. The van der Waals surface area contributed by atoms with Gasteiger partial charge in [0.25, 0.3) is 11.5 Å². The lowest BCUT2D eigenvalue weighted by Crippen LogP contribution is -2.57. The number of nitrogens with one attached hydrogen (secondary N) is 2. The number of aliphatic hydroxyl groups is 1. The number of piperazine rings is 1. The van der Waals surface area contributed by atoms with Gasteiger partial charge in [-0.1, -0.05) is 26.5 Å². The van der Waals surface area contributed by atoms with Crippen molar-refractivity contribution in [3.05, 3.63) is 112 Å². The number of hydrogen-bond acceptors (Lipinski definition) is 12. The minimum Gasteiger partial charge on any atom is -0.392 e. The van der Waals surface area contributed by atoms with E-state index >= 15 is 0 Å². The Labute approximate surface area is 386 Å². The highest BCUT2D eigenvalue weighted by molar-refractivity contribution is 6.06. The van der Waals surface area contributed by atoms with E-state index in [1.54, 1.807) is 30.4 Å². The first-order chi connectivity index (χ1) is 31.5. The van der Waals surface area contributed by atoms with Crippen LogP contribution in [0.4, 0.5) is 34.5 Å². The van der Waals surface area contributed by atoms with E-state index in [-0.39, 0.29) is 34.6 Å². The molecule has 5 aromatic rings. The monoisotopic (exact) mass is 895 g/mol. The van der Waals surface area contributed by atoms with E-state index in [1.165, 1.54) is 21.9 Å². The van der Waals surface area contributed by atoms with Gasteiger partial charge in [-0.3, -0.25) is 24.2 Å². The zero-order valence-corrected chi connectivity index (χ0v) is 39.0. The summed E-state index contributed by atoms with van der Waals surface area (Å²) in [6.07, 6.45) is 8.39. The number of hydrogen-bond donors (Lipinski definition) is 4. The minimum absolute atomic E-state index is 0.0510. The Morgan fingerprint density at radius 1 is 1.02 bits per heavy atom. The Bertz CT molecular complexity index is 2760. The number of piperidine rings is 1. The number of nitrogens with two attached hydrogens (primary N) is 1. The molecule has 16 nitrogen and oxygen atoms in total. The molecule has 0 saturated carbocycles. The van der Waals surface area contributed by atoms with Crippen LogP contribution < -0.4 is 36.6 Å². The molecule has 16 heteroatoms. The van der Waals surface area contributed by atoms with E-state index in [0.29, 0.717) is 58.8 Å². The molecule has 2 saturated heterocycles. The molecular formula is C50H62N12O4. The Hall–Kier alpha value is -6.36. The summed E-state index contributed by atoms with van der Waals surface area (Å²) in [5, 5.41) is 17.1. The molecule has 0 unspecified atom stereocenters. The second-order valence-corrected chi connectivity index (χ2v) is 19.7. The lowest BCUT2D eigenvalue weighted by molar-refractivity contribution is -0.111. The van der Waals surface area contributed by atoms with Crippen LogP contribution in [0.2, 0.25) is 0 Å². The van der Waals surface area contributed by atoms with Crippen molar-refractivity contribution < 1.29 is 14.7 Å². The number of nitrogens with zero attached hydrogens (tertiary/aromatic N) is 9. The number of fused-ring (bicyclic) bond motifs is 3. The summed E-state index contributed by atoms with van der Waals surface area (Å²) < 4.78 is 3.58. The van der Waals surface area contributed by atoms with Gasteiger partial charge in [-0.15, -0.1) is 0 Å². The van der Waals surface area contributed by atoms with Crippen molar-refractivity contribution in [3.63, 3.8) is 0 Å². The number of carbonyl (C=O) groups is 2. The van der Waals surface area contributed by atoms with E-state index in [2.05, 4.69) is 68.3 Å². The molecule has 5 N–H and O–H groups in total. The van der Waals surface area contributed by atoms with E-state index in [1.807, 2.05) is 50.2 Å². The molecular weight excluding hydrogens is 833 g/mol. The normalized spacial score (nSPS) is 18.9. The van der Waals surface area contributed by atoms with Crippen molar-refractivity contribution in [2.24, 2.45) is 18.2 Å². The van der Waals surface area contributed by atoms with Crippen LogP contribution in [0, 0.1) is 5.41 Å². The third-order valence-electron chi connectivity index (χ3n) is 13.8. The topological polar surface area (TPSA) is 183 Å². The Morgan fingerprint density at radius 2 is 1.80 bits per heavy atom. The highest BCUT2D eigenvalue weighted by atomic mass is 16.3. The third kappa shape index (κ3) is 8.60. The largest absolute Gasteiger partial charge is 0.392 e. The molecule has 4 aromatic heterocycles. The van der Waals surface area contributed by atoms with Crippen molar-refractivity contribution in [3.8, 4) is 11.3 Å². The van der Waals surface area contributed by atoms with Crippen LogP contribution in [0.15, 0.2) is 78.4 Å². The zero-order chi connectivity index (χ0) is 46.7. The lowest BCUT2D eigenvalue weighted by atomic mass is 9.90. The van der Waals surface area contributed by atoms with Gasteiger partial charge in [0.2, 0.25) is 5.91 Å². The molecule has 1 aromatic carbocycles. The van der Waals surface area contributed by atoms with Gasteiger partial charge in [0.15, 0.2) is 5.82 Å². The highest BCUT2D eigenvalue weighted by Crippen LogP contribution is 2.40. The van der Waals surface area contributed by atoms with Gasteiger partial charge in [-0.2, -0.15) is 0 Å². The van der Waals surface area contributed by atoms with Crippen LogP contribution in [0.1, 0.15) is 80.5 Å². The fourth-order valence-corrected chi connectivity index (χ4v) is 10.4. The number of anilines is 6. The molecule has 4 aliphatic rings. The molecule has 66 heavy (non-hydrogen) atoms. The van der Waals surface area contributed by atoms with Gasteiger partial charge in [-0.25, -0.2) is 15.0 Å². The van der Waals surface area contributed by atoms with Crippen molar-refractivity contribution in [2.45, 2.75) is 91.1 Å². The third-order valence-corrected chi connectivity index (χ3v) is 13.8. The van der Waals surface area contributed by atoms with Crippen molar-refractivity contribution in [1.29, 1.82) is 0 Å². The molecule has 2 amide bonds. The smallest absolute Gasteiger partial charge is 0.293 e. The van der Waals surface area contributed by atoms with Gasteiger partial charge in [0.05, 0.1) is 34.9 Å². The van der Waals surface area contributed by atoms with Crippen LogP contribution in [0.5, 0.6) is 0 Å². The SMILES string of the molecule is C=CC(=O)Nc1cc(Nc2nc(-c3ccnc(N4CCn5c(cc6c5CC(C)(C)C6)C4=O)c3CO)cn(C)c2=O)ccc1N1CCN(C2CCN(c3cccc(C(C)(C)N)n3)CC2)C[C@@H]1C. The lowest BCUT2D eigenvalue weighted by Gasteiger charge is -2.47. The van der Waals surface area contributed by atoms with E-state index in [9.17, 15) is 19.5 Å². The molecule has 0 radical (unpaired) electrons. The minimum atomic E-state index is -0.499. The number of aryl methyl sites for hydroxylation is 1. The predicted molar refractivity (Wildman–Crippen MR) is 260 cm³/mol. The second kappa shape index (κ2) is 17.5. The molecule has 3 aliphatic heterocycles. The fourth-order valence-electron chi connectivity index (χ4n) is 10.4. The first-order valence-electron chi connectivity index (χ1n) is 23.1. The number of aliphatic hydroxyl groups excluding tert-OH is 1. The molecule has 0 bridgehead atoms. The number of pyridine rings is 2. The molecule has 1 aliphatic carbocycles. The second-order valence-electron chi connectivity index (χ2n) is 19.7. The highest BCUT2D eigenvalue weighted by Gasteiger charge is 2.38. The number of amides is 2. The standard InChI is InChI=1S/C50H62N12O4/c1-8-44(64)54-37-25-33(12-13-39(37)60-21-20-59(28-31(60)2)34-15-18-58(19-16-34)43-11-9-10-42(56-43)50(5,6)51)53-45-48(66)57(7)29-38(55-45)35-14-17-52-46(36(35)30-63)62-23-22-61-40(47(62)65)24-32-26-49(3,4)27-41(32)61/h8-14,17,24-25,29,31,34,63H,1,15-16,18-23,26-28,30,51H2,2-7H3,(H,53,55)(H,54,64)/t31-/m0/s1. The number of aromatic nitrogens is 5. The summed E-state index contributed by atoms with van der Waals surface area (Å²) in [5.74, 6) is 0.883. The van der Waals surface area contributed by atoms with Gasteiger partial charge in [0.1, 0.15) is 17.3 Å². The Morgan fingerprint density at radius 3 is 2.53 bits per heavy atom. The Kier molecular flexibility index (Phi) is 11.9. The number of rotatable bonds is 11. The van der Waals surface area contributed by atoms with Crippen molar-refractivity contribution >= 4 is 46.3 Å². The summed E-state index contributed by atoms with van der Waals surface area (Å²) in [4.78, 5) is 63.8. The molecule has 1 atom stereocenters. The first kappa shape index (κ1) is 44.8. The molecule has 7 heterocycles. The first-order valence-corrected chi connectivity index (χ1v) is 23.1. The fraction of sp³-hybridized carbons (Fsp3) is 0.440. The molecule has 2 fully saturated rings. The summed E-state index contributed by atoms with van der Waals surface area (Å²) >= 11 is 0. The van der Waals surface area contributed by atoms with E-state index in [4.69, 9.17) is 15.7 Å². The van der Waals surface area contributed by atoms with Gasteiger partial charge >= 0.3 is 0 Å². The van der Waals surface area contributed by atoms with Crippen molar-refractivity contribution in [1.82, 2.24) is 29.0 Å².